The minimum absolute atomic E-state index is 0.0125. The van der Waals surface area contributed by atoms with E-state index in [1.165, 1.54) is 11.8 Å². The van der Waals surface area contributed by atoms with Crippen LogP contribution in [0.2, 0.25) is 5.02 Å². The van der Waals surface area contributed by atoms with Crippen LogP contribution in [0.5, 0.6) is 0 Å². The molecule has 0 aliphatic rings. The number of benzene rings is 2. The number of anilines is 1. The first kappa shape index (κ1) is 20.9. The number of thioether (sulfide) groups is 1. The molecule has 9 heteroatoms. The van der Waals surface area contributed by atoms with E-state index in [4.69, 9.17) is 11.6 Å². The second-order valence-corrected chi connectivity index (χ2v) is 7.88. The second kappa shape index (κ2) is 9.11. The average molecular weight is 430 g/mol. The molecular weight excluding hydrogens is 410 g/mol. The first-order valence-corrected chi connectivity index (χ1v) is 10.2. The smallest absolute Gasteiger partial charge is 0.307 e. The minimum Gasteiger partial charge on any atom is -0.307 e. The molecule has 2 N–H and O–H groups in total. The van der Waals surface area contributed by atoms with E-state index in [1.54, 1.807) is 17.0 Å². The van der Waals surface area contributed by atoms with Gasteiger partial charge in [-0.05, 0) is 50.1 Å². The largest absolute Gasteiger partial charge is 0.325 e. The number of amides is 3. The quantitative estimate of drug-likeness (QED) is 0.590. The highest BCUT2D eigenvalue weighted by Crippen LogP contribution is 2.23. The molecule has 0 saturated carbocycles. The predicted octanol–water partition coefficient (Wildman–Crippen LogP) is 4.29. The maximum absolute atomic E-state index is 12.2. The van der Waals surface area contributed by atoms with Crippen LogP contribution in [0, 0.1) is 20.8 Å². The number of imide groups is 1. The number of hydrogen-bond donors (Lipinski definition) is 2. The Morgan fingerprint density at radius 2 is 1.90 bits per heavy atom. The molecule has 0 unspecified atom stereocenters. The summed E-state index contributed by atoms with van der Waals surface area (Å²) in [5.41, 5.74) is 4.43. The Kier molecular flexibility index (Phi) is 6.56. The standard InChI is InChI=1S/C20H20ClN5O2S/c1-12-4-7-17(14(3)8-12)23-19(28)24-18(27)10-29-20-25-22-11-26(20)15-6-5-13(2)16(21)9-15/h4-9,11H,10H2,1-3H3,(H2,23,24,27,28). The SMILES string of the molecule is Cc1ccc(NC(=O)NC(=O)CSc2nncn2-c2ccc(C)c(Cl)c2)c(C)c1. The number of carbonyl (C=O) groups is 2. The van der Waals surface area contributed by atoms with Crippen LogP contribution in [0.15, 0.2) is 47.9 Å². The highest BCUT2D eigenvalue weighted by molar-refractivity contribution is 7.99. The number of nitrogens with zero attached hydrogens (tertiary/aromatic N) is 3. The van der Waals surface area contributed by atoms with Crippen molar-refractivity contribution in [3.05, 3.63) is 64.4 Å². The van der Waals surface area contributed by atoms with E-state index in [-0.39, 0.29) is 5.75 Å². The molecule has 0 saturated heterocycles. The van der Waals surface area contributed by atoms with E-state index in [9.17, 15) is 9.59 Å². The van der Waals surface area contributed by atoms with Gasteiger partial charge < -0.3 is 5.32 Å². The molecule has 29 heavy (non-hydrogen) atoms. The molecule has 1 aromatic heterocycles. The Balaban J connectivity index is 1.58. The number of nitrogens with one attached hydrogen (secondary N) is 2. The van der Waals surface area contributed by atoms with Gasteiger partial charge in [-0.1, -0.05) is 47.1 Å². The van der Waals surface area contributed by atoms with E-state index >= 15 is 0 Å². The third-order valence-electron chi connectivity index (χ3n) is 4.17. The van der Waals surface area contributed by atoms with Gasteiger partial charge in [0.1, 0.15) is 6.33 Å². The number of hydrogen-bond acceptors (Lipinski definition) is 5. The van der Waals surface area contributed by atoms with E-state index in [2.05, 4.69) is 20.8 Å². The summed E-state index contributed by atoms with van der Waals surface area (Å²) < 4.78 is 1.74. The lowest BCUT2D eigenvalue weighted by molar-refractivity contribution is -0.117. The molecule has 1 heterocycles. The predicted molar refractivity (Wildman–Crippen MR) is 115 cm³/mol. The van der Waals surface area contributed by atoms with E-state index < -0.39 is 11.9 Å². The molecule has 7 nitrogen and oxygen atoms in total. The summed E-state index contributed by atoms with van der Waals surface area (Å²) in [5.74, 6) is -0.424. The topological polar surface area (TPSA) is 88.9 Å². The summed E-state index contributed by atoms with van der Waals surface area (Å²) in [6, 6.07) is 10.7. The van der Waals surface area contributed by atoms with Crippen molar-refractivity contribution < 1.29 is 9.59 Å². The normalized spacial score (nSPS) is 10.6. The molecule has 3 amide bonds. The summed E-state index contributed by atoms with van der Waals surface area (Å²) in [7, 11) is 0. The molecule has 3 aromatic rings. The number of rotatable bonds is 5. The summed E-state index contributed by atoms with van der Waals surface area (Å²) in [6.45, 7) is 5.78. The van der Waals surface area contributed by atoms with Gasteiger partial charge in [0.25, 0.3) is 0 Å². The van der Waals surface area contributed by atoms with Crippen LogP contribution in [0.1, 0.15) is 16.7 Å². The van der Waals surface area contributed by atoms with Crippen molar-refractivity contribution in [1.29, 1.82) is 0 Å². The van der Waals surface area contributed by atoms with Gasteiger partial charge in [0.05, 0.1) is 11.4 Å². The summed E-state index contributed by atoms with van der Waals surface area (Å²) in [6.07, 6.45) is 1.55. The Labute approximate surface area is 177 Å². The zero-order valence-electron chi connectivity index (χ0n) is 16.2. The van der Waals surface area contributed by atoms with Gasteiger partial charge >= 0.3 is 6.03 Å². The lowest BCUT2D eigenvalue weighted by Gasteiger charge is -2.10. The van der Waals surface area contributed by atoms with Crippen molar-refractivity contribution in [3.63, 3.8) is 0 Å². The number of aromatic nitrogens is 3. The molecular formula is C20H20ClN5O2S. The van der Waals surface area contributed by atoms with Crippen molar-refractivity contribution >= 4 is 41.0 Å². The summed E-state index contributed by atoms with van der Waals surface area (Å²) in [5, 5.41) is 14.1. The molecule has 0 aliphatic carbocycles. The van der Waals surface area contributed by atoms with Crippen LogP contribution in [0.4, 0.5) is 10.5 Å². The van der Waals surface area contributed by atoms with Gasteiger partial charge in [-0.2, -0.15) is 0 Å². The number of urea groups is 1. The lowest BCUT2D eigenvalue weighted by atomic mass is 10.1. The molecule has 0 aliphatic heterocycles. The lowest BCUT2D eigenvalue weighted by Crippen LogP contribution is -2.35. The second-order valence-electron chi connectivity index (χ2n) is 6.53. The van der Waals surface area contributed by atoms with Gasteiger partial charge in [0.2, 0.25) is 5.91 Å². The fourth-order valence-corrected chi connectivity index (χ4v) is 3.54. The third-order valence-corrected chi connectivity index (χ3v) is 5.52. The van der Waals surface area contributed by atoms with Gasteiger partial charge in [0, 0.05) is 10.7 Å². The van der Waals surface area contributed by atoms with Gasteiger partial charge in [-0.3, -0.25) is 14.7 Å². The van der Waals surface area contributed by atoms with Crippen molar-refractivity contribution in [2.45, 2.75) is 25.9 Å². The van der Waals surface area contributed by atoms with E-state index in [1.807, 2.05) is 51.1 Å². The van der Waals surface area contributed by atoms with Crippen LogP contribution in [0.3, 0.4) is 0 Å². The molecule has 2 aromatic carbocycles. The minimum atomic E-state index is -0.575. The zero-order valence-corrected chi connectivity index (χ0v) is 17.8. The molecule has 0 radical (unpaired) electrons. The third kappa shape index (κ3) is 5.36. The van der Waals surface area contributed by atoms with Crippen LogP contribution in [-0.2, 0) is 4.79 Å². The fourth-order valence-electron chi connectivity index (χ4n) is 2.63. The molecule has 150 valence electrons. The van der Waals surface area contributed by atoms with Crippen molar-refractivity contribution in [1.82, 2.24) is 20.1 Å². The molecule has 0 atom stereocenters. The maximum Gasteiger partial charge on any atom is 0.325 e. The first-order valence-electron chi connectivity index (χ1n) is 8.81. The Morgan fingerprint density at radius 1 is 1.10 bits per heavy atom. The monoisotopic (exact) mass is 429 g/mol. The molecule has 0 bridgehead atoms. The van der Waals surface area contributed by atoms with E-state index in [0.29, 0.717) is 15.9 Å². The van der Waals surface area contributed by atoms with Crippen molar-refractivity contribution in [2.75, 3.05) is 11.1 Å². The highest BCUT2D eigenvalue weighted by Gasteiger charge is 2.13. The van der Waals surface area contributed by atoms with Crippen LogP contribution >= 0.6 is 23.4 Å². The maximum atomic E-state index is 12.2. The summed E-state index contributed by atoms with van der Waals surface area (Å²) in [4.78, 5) is 24.2. The molecule has 0 fully saturated rings. The fraction of sp³-hybridized carbons (Fsp3) is 0.200. The highest BCUT2D eigenvalue weighted by atomic mass is 35.5. The number of carbonyl (C=O) groups excluding carboxylic acids is 2. The Morgan fingerprint density at radius 3 is 2.62 bits per heavy atom. The molecule has 0 spiro atoms. The Bertz CT molecular complexity index is 1070. The molecule has 3 rings (SSSR count). The number of aryl methyl sites for hydroxylation is 3. The van der Waals surface area contributed by atoms with Gasteiger partial charge in [0.15, 0.2) is 5.16 Å². The Hall–Kier alpha value is -2.84. The van der Waals surface area contributed by atoms with Gasteiger partial charge in [-0.25, -0.2) is 4.79 Å². The van der Waals surface area contributed by atoms with Crippen molar-refractivity contribution in [2.24, 2.45) is 0 Å². The summed E-state index contributed by atoms with van der Waals surface area (Å²) >= 11 is 7.36. The van der Waals surface area contributed by atoms with Crippen LogP contribution < -0.4 is 10.6 Å². The number of halogens is 1. The zero-order chi connectivity index (χ0) is 21.0. The van der Waals surface area contributed by atoms with Crippen LogP contribution in [-0.4, -0.2) is 32.5 Å². The first-order chi connectivity index (χ1) is 13.8. The van der Waals surface area contributed by atoms with Gasteiger partial charge in [-0.15, -0.1) is 10.2 Å². The van der Waals surface area contributed by atoms with Crippen LogP contribution in [0.25, 0.3) is 5.69 Å². The average Bonchev–Trinajstić information content (AvgIpc) is 3.13. The van der Waals surface area contributed by atoms with Crippen molar-refractivity contribution in [3.8, 4) is 5.69 Å². The van der Waals surface area contributed by atoms with E-state index in [0.717, 1.165) is 22.4 Å².